The quantitative estimate of drug-likeness (QED) is 0.900. The Morgan fingerprint density at radius 2 is 2.12 bits per heavy atom. The van der Waals surface area contributed by atoms with Crippen LogP contribution in [-0.2, 0) is 10.0 Å². The Bertz CT molecular complexity index is 498. The van der Waals surface area contributed by atoms with Crippen molar-refractivity contribution in [3.05, 3.63) is 16.5 Å². The van der Waals surface area contributed by atoms with Crippen LogP contribution in [0, 0.1) is 13.8 Å². The number of nitrogens with zero attached hydrogens (tertiary/aromatic N) is 1. The molecule has 2 rings (SSSR count). The Hall–Kier alpha value is -0.140. The lowest BCUT2D eigenvalue weighted by Crippen LogP contribution is -2.31. The summed E-state index contributed by atoms with van der Waals surface area (Å²) in [5.74, 6) is 0. The van der Waals surface area contributed by atoms with Crippen molar-refractivity contribution in [1.82, 2.24) is 4.31 Å². The van der Waals surface area contributed by atoms with E-state index in [0.29, 0.717) is 17.3 Å². The van der Waals surface area contributed by atoms with Crippen LogP contribution in [0.3, 0.4) is 0 Å². The van der Waals surface area contributed by atoms with Gasteiger partial charge in [0.05, 0.1) is 0 Å². The lowest BCUT2D eigenvalue weighted by molar-refractivity contribution is 0.474. The molecule has 0 radical (unpaired) electrons. The number of aryl methyl sites for hydroxylation is 2. The molecule has 2 N–H and O–H groups in total. The largest absolute Gasteiger partial charge is 0.326 e. The molecule has 0 amide bonds. The van der Waals surface area contributed by atoms with Gasteiger partial charge >= 0.3 is 0 Å². The summed E-state index contributed by atoms with van der Waals surface area (Å²) in [6.45, 7) is 4.75. The fourth-order valence-corrected chi connectivity index (χ4v) is 5.28. The molecular formula is C10H17ClN2O2S2. The molecule has 0 bridgehead atoms. The van der Waals surface area contributed by atoms with Crippen LogP contribution < -0.4 is 5.73 Å². The third-order valence-electron chi connectivity index (χ3n) is 2.76. The zero-order chi connectivity index (χ0) is 11.9. The number of halogens is 1. The van der Waals surface area contributed by atoms with Crippen molar-refractivity contribution < 1.29 is 8.42 Å². The molecule has 0 aliphatic carbocycles. The van der Waals surface area contributed by atoms with Gasteiger partial charge in [-0.05, 0) is 31.9 Å². The highest BCUT2D eigenvalue weighted by Crippen LogP contribution is 2.30. The molecule has 1 aromatic heterocycles. The average molecular weight is 297 g/mol. The highest BCUT2D eigenvalue weighted by Gasteiger charge is 2.32. The zero-order valence-electron chi connectivity index (χ0n) is 9.84. The number of sulfonamides is 1. The maximum atomic E-state index is 12.3. The molecule has 0 saturated carbocycles. The minimum absolute atomic E-state index is 0. The number of thiophene rings is 1. The Labute approximate surface area is 112 Å². The van der Waals surface area contributed by atoms with E-state index in [1.807, 2.05) is 19.9 Å². The van der Waals surface area contributed by atoms with Crippen LogP contribution in [0.2, 0.25) is 0 Å². The fraction of sp³-hybridized carbons (Fsp3) is 0.600. The summed E-state index contributed by atoms with van der Waals surface area (Å²) >= 11 is 1.34. The van der Waals surface area contributed by atoms with Crippen LogP contribution in [0.5, 0.6) is 0 Å². The summed E-state index contributed by atoms with van der Waals surface area (Å²) in [7, 11) is -3.31. The lowest BCUT2D eigenvalue weighted by atomic mass is 10.3. The smallest absolute Gasteiger partial charge is 0.252 e. The fourth-order valence-electron chi connectivity index (χ4n) is 1.97. The Morgan fingerprint density at radius 1 is 1.47 bits per heavy atom. The first-order chi connectivity index (χ1) is 7.41. The topological polar surface area (TPSA) is 63.4 Å². The molecule has 98 valence electrons. The van der Waals surface area contributed by atoms with Crippen LogP contribution in [0.4, 0.5) is 0 Å². The number of rotatable bonds is 2. The third-order valence-corrected chi connectivity index (χ3v) is 6.39. The minimum Gasteiger partial charge on any atom is -0.326 e. The molecule has 7 heteroatoms. The van der Waals surface area contributed by atoms with Gasteiger partial charge < -0.3 is 5.73 Å². The maximum absolute atomic E-state index is 12.3. The van der Waals surface area contributed by atoms with Crippen LogP contribution in [-0.4, -0.2) is 31.9 Å². The molecule has 1 aromatic rings. The van der Waals surface area contributed by atoms with E-state index < -0.39 is 10.0 Å². The predicted molar refractivity (Wildman–Crippen MR) is 72.4 cm³/mol. The Balaban J connectivity index is 0.00000144. The van der Waals surface area contributed by atoms with Gasteiger partial charge in [0.15, 0.2) is 0 Å². The number of nitrogens with two attached hydrogens (primary N) is 1. The summed E-state index contributed by atoms with van der Waals surface area (Å²) in [4.78, 5) is 1.03. The second-order valence-corrected chi connectivity index (χ2v) is 7.63. The highest BCUT2D eigenvalue weighted by molar-refractivity contribution is 7.91. The van der Waals surface area contributed by atoms with Crippen LogP contribution in [0.25, 0.3) is 0 Å². The molecule has 1 saturated heterocycles. The van der Waals surface area contributed by atoms with Crippen molar-refractivity contribution in [3.8, 4) is 0 Å². The van der Waals surface area contributed by atoms with Crippen molar-refractivity contribution in [1.29, 1.82) is 0 Å². The molecule has 4 nitrogen and oxygen atoms in total. The van der Waals surface area contributed by atoms with E-state index >= 15 is 0 Å². The molecular weight excluding hydrogens is 280 g/mol. The third kappa shape index (κ3) is 2.82. The van der Waals surface area contributed by atoms with E-state index in [1.165, 1.54) is 15.6 Å². The first-order valence-electron chi connectivity index (χ1n) is 5.24. The Morgan fingerprint density at radius 3 is 2.53 bits per heavy atom. The molecule has 1 aliphatic heterocycles. The summed E-state index contributed by atoms with van der Waals surface area (Å²) in [5.41, 5.74) is 6.58. The lowest BCUT2D eigenvalue weighted by Gasteiger charge is -2.15. The number of hydrogen-bond donors (Lipinski definition) is 1. The van der Waals surface area contributed by atoms with E-state index in [2.05, 4.69) is 0 Å². The van der Waals surface area contributed by atoms with Crippen molar-refractivity contribution >= 4 is 33.8 Å². The van der Waals surface area contributed by atoms with Crippen LogP contribution >= 0.6 is 23.7 Å². The van der Waals surface area contributed by atoms with Crippen molar-refractivity contribution in [2.45, 2.75) is 30.5 Å². The molecule has 1 unspecified atom stereocenters. The van der Waals surface area contributed by atoms with Crippen molar-refractivity contribution in [2.75, 3.05) is 13.1 Å². The molecule has 0 spiro atoms. The minimum atomic E-state index is -3.31. The summed E-state index contributed by atoms with van der Waals surface area (Å²) in [6.07, 6.45) is 0.753. The molecule has 1 aliphatic rings. The summed E-state index contributed by atoms with van der Waals surface area (Å²) in [6, 6.07) is 1.89. The van der Waals surface area contributed by atoms with E-state index in [9.17, 15) is 8.42 Å². The van der Waals surface area contributed by atoms with Gasteiger partial charge in [-0.3, -0.25) is 0 Å². The number of hydrogen-bond acceptors (Lipinski definition) is 4. The van der Waals surface area contributed by atoms with E-state index in [1.54, 1.807) is 0 Å². The van der Waals surface area contributed by atoms with E-state index in [0.717, 1.165) is 16.9 Å². The van der Waals surface area contributed by atoms with Crippen LogP contribution in [0.15, 0.2) is 10.3 Å². The van der Waals surface area contributed by atoms with Gasteiger partial charge in [0.25, 0.3) is 10.0 Å². The van der Waals surface area contributed by atoms with E-state index in [-0.39, 0.29) is 18.4 Å². The average Bonchev–Trinajstić information content (AvgIpc) is 2.73. The molecule has 1 atom stereocenters. The monoisotopic (exact) mass is 296 g/mol. The molecule has 0 aromatic carbocycles. The van der Waals surface area contributed by atoms with E-state index in [4.69, 9.17) is 5.73 Å². The van der Waals surface area contributed by atoms with Gasteiger partial charge in [-0.15, -0.1) is 23.7 Å². The van der Waals surface area contributed by atoms with Crippen molar-refractivity contribution in [3.63, 3.8) is 0 Å². The second kappa shape index (κ2) is 5.24. The second-order valence-electron chi connectivity index (χ2n) is 4.24. The van der Waals surface area contributed by atoms with Gasteiger partial charge in [0.1, 0.15) is 4.21 Å². The molecule has 2 heterocycles. The molecule has 1 fully saturated rings. The maximum Gasteiger partial charge on any atom is 0.252 e. The zero-order valence-corrected chi connectivity index (χ0v) is 12.3. The normalized spacial score (nSPS) is 21.5. The van der Waals surface area contributed by atoms with Gasteiger partial charge in [-0.1, -0.05) is 0 Å². The highest BCUT2D eigenvalue weighted by atomic mass is 35.5. The van der Waals surface area contributed by atoms with Gasteiger partial charge in [0.2, 0.25) is 0 Å². The predicted octanol–water partition coefficient (Wildman–Crippen LogP) is 1.51. The van der Waals surface area contributed by atoms with Crippen LogP contribution in [0.1, 0.15) is 16.9 Å². The van der Waals surface area contributed by atoms with Gasteiger partial charge in [-0.25, -0.2) is 8.42 Å². The molecule has 17 heavy (non-hydrogen) atoms. The summed E-state index contributed by atoms with van der Waals surface area (Å²) in [5, 5.41) is 0. The van der Waals surface area contributed by atoms with Gasteiger partial charge in [0, 0.05) is 24.0 Å². The van der Waals surface area contributed by atoms with Crippen molar-refractivity contribution in [2.24, 2.45) is 5.73 Å². The first-order valence-corrected chi connectivity index (χ1v) is 7.49. The van der Waals surface area contributed by atoms with Gasteiger partial charge in [-0.2, -0.15) is 4.31 Å². The summed E-state index contributed by atoms with van der Waals surface area (Å²) < 4.78 is 26.6. The standard InChI is InChI=1S/C10H16N2O2S2.ClH/c1-7-5-8(2)15-10(7)16(13,14)12-4-3-9(11)6-12;/h5,9H,3-4,6,11H2,1-2H3;1H. The SMILES string of the molecule is Cc1cc(C)c(S(=O)(=O)N2CCC(N)C2)s1.Cl. The Kier molecular flexibility index (Phi) is 4.60. The first kappa shape index (κ1) is 14.9.